The summed E-state index contributed by atoms with van der Waals surface area (Å²) in [4.78, 5) is 73.1. The second-order valence-electron chi connectivity index (χ2n) is 30.6. The summed E-state index contributed by atoms with van der Waals surface area (Å²) >= 11 is 0. The Kier molecular flexibility index (Phi) is 73.1. The van der Waals surface area contributed by atoms with Crippen LogP contribution < -0.4 is 0 Å². The maximum atomic E-state index is 13.1. The molecule has 0 aliphatic rings. The number of ether oxygens (including phenoxy) is 4. The third-order valence-corrected chi connectivity index (χ3v) is 21.7. The third kappa shape index (κ3) is 74.9. The summed E-state index contributed by atoms with van der Waals surface area (Å²) in [6, 6.07) is 0. The van der Waals surface area contributed by atoms with Crippen LogP contribution in [0.25, 0.3) is 0 Å². The largest absolute Gasteiger partial charge is 0.472 e. The van der Waals surface area contributed by atoms with Crippen molar-refractivity contribution in [2.45, 2.75) is 458 Å². The summed E-state index contributed by atoms with van der Waals surface area (Å²) in [6.07, 6.45) is 65.2. The van der Waals surface area contributed by atoms with Gasteiger partial charge in [-0.15, -0.1) is 0 Å². The number of carbonyl (C=O) groups is 4. The van der Waals surface area contributed by atoms with Crippen molar-refractivity contribution in [3.8, 4) is 0 Å². The first-order chi connectivity index (χ1) is 49.4. The van der Waals surface area contributed by atoms with Gasteiger partial charge in [-0.05, 0) is 37.5 Å². The first-order valence-electron chi connectivity index (χ1n) is 43.0. The lowest BCUT2D eigenvalue weighted by molar-refractivity contribution is -0.161. The molecule has 3 unspecified atom stereocenters. The molecule has 3 N–H and O–H groups in total. The van der Waals surface area contributed by atoms with E-state index in [0.29, 0.717) is 25.7 Å². The molecular formula is C83H162O17P2. The SMILES string of the molecule is CCCCCCCCCCCCCCCCCCCCCCCC(=O)O[C@H](COC(=O)CCCCCCCCCCCCCCCCC(C)CC)COP(=O)(O)OC[C@@H](O)COP(=O)(O)OC[C@@H](COC(=O)CCCCCCCCCCCCC)OC(=O)CCCCCCCCCCCC(C)C. The minimum absolute atomic E-state index is 0.106. The molecule has 0 fully saturated rings. The molecule has 606 valence electrons. The predicted molar refractivity (Wildman–Crippen MR) is 418 cm³/mol. The number of aliphatic hydroxyl groups excluding tert-OH is 1. The number of unbranched alkanes of at least 4 members (excludes halogenated alkanes) is 51. The van der Waals surface area contributed by atoms with Crippen molar-refractivity contribution in [1.29, 1.82) is 0 Å². The molecule has 0 amide bonds. The number of phosphoric acid groups is 2. The lowest BCUT2D eigenvalue weighted by Crippen LogP contribution is -2.30. The van der Waals surface area contributed by atoms with E-state index in [1.54, 1.807) is 0 Å². The van der Waals surface area contributed by atoms with Gasteiger partial charge >= 0.3 is 39.5 Å². The highest BCUT2D eigenvalue weighted by Crippen LogP contribution is 2.45. The fraction of sp³-hybridized carbons (Fsp3) is 0.952. The van der Waals surface area contributed by atoms with E-state index in [9.17, 15) is 43.2 Å². The van der Waals surface area contributed by atoms with Crippen LogP contribution in [0.4, 0.5) is 0 Å². The van der Waals surface area contributed by atoms with E-state index in [-0.39, 0.29) is 25.7 Å². The van der Waals surface area contributed by atoms with Gasteiger partial charge in [0.1, 0.15) is 19.3 Å². The van der Waals surface area contributed by atoms with Gasteiger partial charge in [0.15, 0.2) is 12.2 Å². The number of carbonyl (C=O) groups excluding carboxylic acids is 4. The van der Waals surface area contributed by atoms with Gasteiger partial charge in [-0.3, -0.25) is 37.3 Å². The first kappa shape index (κ1) is 100. The molecule has 0 aromatic rings. The van der Waals surface area contributed by atoms with Crippen LogP contribution in [-0.4, -0.2) is 96.7 Å². The van der Waals surface area contributed by atoms with Gasteiger partial charge in [0, 0.05) is 25.7 Å². The smallest absolute Gasteiger partial charge is 0.462 e. The monoisotopic (exact) mass is 1490 g/mol. The number of hydrogen-bond acceptors (Lipinski definition) is 15. The molecule has 0 rings (SSSR count). The molecule has 0 heterocycles. The van der Waals surface area contributed by atoms with E-state index >= 15 is 0 Å². The van der Waals surface area contributed by atoms with Crippen molar-refractivity contribution in [2.24, 2.45) is 11.8 Å². The zero-order valence-corrected chi connectivity index (χ0v) is 68.7. The van der Waals surface area contributed by atoms with E-state index in [4.69, 9.17) is 37.0 Å². The highest BCUT2D eigenvalue weighted by molar-refractivity contribution is 7.47. The second-order valence-corrected chi connectivity index (χ2v) is 33.5. The van der Waals surface area contributed by atoms with Gasteiger partial charge in [-0.1, -0.05) is 388 Å². The van der Waals surface area contributed by atoms with Crippen LogP contribution in [-0.2, 0) is 65.4 Å². The van der Waals surface area contributed by atoms with Crippen LogP contribution in [0, 0.1) is 11.8 Å². The maximum absolute atomic E-state index is 13.1. The number of esters is 4. The van der Waals surface area contributed by atoms with Crippen molar-refractivity contribution in [3.05, 3.63) is 0 Å². The summed E-state index contributed by atoms with van der Waals surface area (Å²) in [5.41, 5.74) is 0. The van der Waals surface area contributed by atoms with E-state index in [1.807, 2.05) is 0 Å². The van der Waals surface area contributed by atoms with E-state index in [0.717, 1.165) is 102 Å². The minimum Gasteiger partial charge on any atom is -0.462 e. The average Bonchev–Trinajstić information content (AvgIpc) is 0.943. The predicted octanol–water partition coefficient (Wildman–Crippen LogP) is 25.1. The van der Waals surface area contributed by atoms with E-state index < -0.39 is 97.5 Å². The summed E-state index contributed by atoms with van der Waals surface area (Å²) in [7, 11) is -9.92. The lowest BCUT2D eigenvalue weighted by atomic mass is 9.99. The summed E-state index contributed by atoms with van der Waals surface area (Å²) in [5, 5.41) is 10.6. The molecule has 0 aromatic carbocycles. The van der Waals surface area contributed by atoms with Crippen molar-refractivity contribution in [3.63, 3.8) is 0 Å². The van der Waals surface area contributed by atoms with E-state index in [1.165, 1.54) is 257 Å². The van der Waals surface area contributed by atoms with Crippen molar-refractivity contribution in [2.75, 3.05) is 39.6 Å². The maximum Gasteiger partial charge on any atom is 0.472 e. The Morgan fingerprint density at radius 1 is 0.284 bits per heavy atom. The molecule has 0 spiro atoms. The molecule has 102 heavy (non-hydrogen) atoms. The summed E-state index contributed by atoms with van der Waals surface area (Å²) in [5.74, 6) is -0.520. The van der Waals surface area contributed by atoms with Gasteiger partial charge in [0.25, 0.3) is 0 Å². The van der Waals surface area contributed by atoms with Crippen LogP contribution in [0.3, 0.4) is 0 Å². The van der Waals surface area contributed by atoms with Crippen LogP contribution in [0.1, 0.15) is 440 Å². The molecule has 0 saturated heterocycles. The molecule has 0 bridgehead atoms. The molecule has 0 aliphatic heterocycles. The lowest BCUT2D eigenvalue weighted by Gasteiger charge is -2.21. The van der Waals surface area contributed by atoms with Gasteiger partial charge < -0.3 is 33.8 Å². The fourth-order valence-electron chi connectivity index (χ4n) is 12.9. The Bertz CT molecular complexity index is 1960. The van der Waals surface area contributed by atoms with Crippen LogP contribution in [0.5, 0.6) is 0 Å². The standard InChI is InChI=1S/C83H162O17P2/c1-7-10-12-14-16-18-20-21-22-23-24-25-26-27-28-33-37-43-49-55-61-67-82(87)99-78(71-94-81(86)66-60-54-48-42-36-32-30-29-31-35-40-46-52-58-64-76(6)9-3)73-97-101(89,90)95-69-77(84)70-96-102(91,92)98-74-79(72-93-80(85)65-59-53-47-41-34-19-17-15-13-11-8-2)100-83(88)68-62-56-50-44-38-39-45-51-57-63-75(4)5/h75-79,84H,7-74H2,1-6H3,(H,89,90)(H,91,92)/t76?,77-,78-,79-/m1/s1. The summed E-state index contributed by atoms with van der Waals surface area (Å²) in [6.45, 7) is 9.67. The van der Waals surface area contributed by atoms with Gasteiger partial charge in [-0.2, -0.15) is 0 Å². The van der Waals surface area contributed by atoms with E-state index in [2.05, 4.69) is 41.5 Å². The van der Waals surface area contributed by atoms with Gasteiger partial charge in [-0.25, -0.2) is 9.13 Å². The van der Waals surface area contributed by atoms with Gasteiger partial charge in [0.05, 0.1) is 26.4 Å². The molecule has 17 nitrogen and oxygen atoms in total. The third-order valence-electron chi connectivity index (χ3n) is 19.8. The fourth-order valence-corrected chi connectivity index (χ4v) is 14.4. The highest BCUT2D eigenvalue weighted by Gasteiger charge is 2.30. The molecule has 6 atom stereocenters. The zero-order valence-electron chi connectivity index (χ0n) is 66.9. The number of aliphatic hydroxyl groups is 1. The quantitative estimate of drug-likeness (QED) is 0.0222. The number of phosphoric ester groups is 2. The average molecular weight is 1490 g/mol. The second kappa shape index (κ2) is 74.5. The normalized spacial score (nSPS) is 14.1. The zero-order chi connectivity index (χ0) is 74.9. The minimum atomic E-state index is -4.96. The molecular weight excluding hydrogens is 1330 g/mol. The van der Waals surface area contributed by atoms with Crippen LogP contribution in [0.15, 0.2) is 0 Å². The Labute approximate surface area is 626 Å². The number of rotatable bonds is 82. The molecule has 0 aliphatic carbocycles. The first-order valence-corrected chi connectivity index (χ1v) is 46.0. The Balaban J connectivity index is 5.22. The Morgan fingerprint density at radius 3 is 0.745 bits per heavy atom. The molecule has 0 saturated carbocycles. The van der Waals surface area contributed by atoms with Crippen molar-refractivity contribution < 1.29 is 80.2 Å². The number of hydrogen-bond donors (Lipinski definition) is 3. The van der Waals surface area contributed by atoms with Crippen LogP contribution in [0.2, 0.25) is 0 Å². The molecule has 0 aromatic heterocycles. The highest BCUT2D eigenvalue weighted by atomic mass is 31.2. The molecule has 0 radical (unpaired) electrons. The Hall–Kier alpha value is -1.94. The summed E-state index contributed by atoms with van der Waals surface area (Å²) < 4.78 is 68.8. The molecule has 19 heteroatoms. The topological polar surface area (TPSA) is 237 Å². The van der Waals surface area contributed by atoms with Crippen molar-refractivity contribution in [1.82, 2.24) is 0 Å². The van der Waals surface area contributed by atoms with Crippen molar-refractivity contribution >= 4 is 39.5 Å². The Morgan fingerprint density at radius 2 is 0.500 bits per heavy atom. The van der Waals surface area contributed by atoms with Crippen LogP contribution >= 0.6 is 15.6 Å². The van der Waals surface area contributed by atoms with Gasteiger partial charge in [0.2, 0.25) is 0 Å².